The maximum Gasteiger partial charge on any atom is 0.0304 e. The first-order valence-electron chi connectivity index (χ1n) is 5.77. The van der Waals surface area contributed by atoms with Gasteiger partial charge in [-0.2, -0.15) is 0 Å². The second-order valence-corrected chi connectivity index (χ2v) is 5.53. The van der Waals surface area contributed by atoms with Crippen LogP contribution < -0.4 is 11.1 Å². The fourth-order valence-corrected chi connectivity index (χ4v) is 3.09. The van der Waals surface area contributed by atoms with Crippen molar-refractivity contribution in [1.82, 2.24) is 5.32 Å². The summed E-state index contributed by atoms with van der Waals surface area (Å²) >= 11 is 1.85. The summed E-state index contributed by atoms with van der Waals surface area (Å²) in [7, 11) is 0. The van der Waals surface area contributed by atoms with Crippen molar-refractivity contribution in [2.45, 2.75) is 51.2 Å². The smallest absolute Gasteiger partial charge is 0.0304 e. The molecule has 2 atom stereocenters. The van der Waals surface area contributed by atoms with Gasteiger partial charge in [0.05, 0.1) is 0 Å². The molecule has 0 aromatic carbocycles. The first kappa shape index (κ1) is 11.1. The fourth-order valence-electron chi connectivity index (χ4n) is 2.24. The number of hydrogen-bond donors (Lipinski definition) is 2. The summed E-state index contributed by atoms with van der Waals surface area (Å²) in [5, 5.41) is 5.79. The maximum absolute atomic E-state index is 5.97. The van der Waals surface area contributed by atoms with E-state index in [1.54, 1.807) is 0 Å². The van der Waals surface area contributed by atoms with Crippen molar-refractivity contribution in [3.05, 3.63) is 21.9 Å². The van der Waals surface area contributed by atoms with E-state index in [9.17, 15) is 0 Å². The van der Waals surface area contributed by atoms with Crippen LogP contribution in [0.25, 0.3) is 0 Å². The van der Waals surface area contributed by atoms with E-state index in [0.29, 0.717) is 12.1 Å². The van der Waals surface area contributed by atoms with Gasteiger partial charge in [0.25, 0.3) is 0 Å². The number of rotatable bonds is 3. The molecule has 2 unspecified atom stereocenters. The van der Waals surface area contributed by atoms with Crippen LogP contribution in [-0.4, -0.2) is 12.1 Å². The molecule has 1 heterocycles. The minimum absolute atomic E-state index is 0.417. The Labute approximate surface area is 95.9 Å². The lowest BCUT2D eigenvalue weighted by atomic mass is 9.91. The lowest BCUT2D eigenvalue weighted by Gasteiger charge is -2.27. The van der Waals surface area contributed by atoms with Crippen LogP contribution in [0.4, 0.5) is 0 Å². The van der Waals surface area contributed by atoms with Crippen LogP contribution in [-0.2, 0) is 6.54 Å². The van der Waals surface area contributed by atoms with E-state index in [2.05, 4.69) is 23.7 Å². The summed E-state index contributed by atoms with van der Waals surface area (Å²) in [6.07, 6.45) is 4.92. The summed E-state index contributed by atoms with van der Waals surface area (Å²) in [6.45, 7) is 3.20. The molecule has 3 heteroatoms. The number of nitrogens with two attached hydrogens (primary N) is 1. The number of hydrogen-bond acceptors (Lipinski definition) is 3. The lowest BCUT2D eigenvalue weighted by Crippen LogP contribution is -2.38. The zero-order chi connectivity index (χ0) is 10.7. The Kier molecular flexibility index (Phi) is 3.78. The van der Waals surface area contributed by atoms with Gasteiger partial charge >= 0.3 is 0 Å². The van der Waals surface area contributed by atoms with E-state index in [1.165, 1.54) is 29.7 Å². The van der Waals surface area contributed by atoms with Crippen molar-refractivity contribution >= 4 is 11.3 Å². The van der Waals surface area contributed by atoms with Gasteiger partial charge in [0, 0.05) is 23.5 Å². The summed E-state index contributed by atoms with van der Waals surface area (Å²) in [5.41, 5.74) is 7.38. The molecule has 0 aliphatic heterocycles. The lowest BCUT2D eigenvalue weighted by molar-refractivity contribution is 0.339. The van der Waals surface area contributed by atoms with Crippen LogP contribution in [0.15, 0.2) is 11.4 Å². The number of aryl methyl sites for hydroxylation is 1. The van der Waals surface area contributed by atoms with Gasteiger partial charge in [-0.25, -0.2) is 0 Å². The second-order valence-electron chi connectivity index (χ2n) is 4.53. The first-order valence-corrected chi connectivity index (χ1v) is 6.65. The van der Waals surface area contributed by atoms with Crippen LogP contribution in [0.1, 0.15) is 36.1 Å². The molecular weight excluding hydrogens is 204 g/mol. The quantitative estimate of drug-likeness (QED) is 0.827. The summed E-state index contributed by atoms with van der Waals surface area (Å²) in [4.78, 5) is 1.47. The highest BCUT2D eigenvalue weighted by Gasteiger charge is 2.18. The largest absolute Gasteiger partial charge is 0.328 e. The Balaban J connectivity index is 1.80. The molecule has 0 amide bonds. The summed E-state index contributed by atoms with van der Waals surface area (Å²) in [5.74, 6) is 0. The Morgan fingerprint density at radius 2 is 2.40 bits per heavy atom. The van der Waals surface area contributed by atoms with Gasteiger partial charge in [-0.3, -0.25) is 0 Å². The van der Waals surface area contributed by atoms with Gasteiger partial charge in [-0.1, -0.05) is 6.42 Å². The molecular formula is C12H20N2S. The highest BCUT2D eigenvalue weighted by atomic mass is 32.1. The van der Waals surface area contributed by atoms with Crippen molar-refractivity contribution < 1.29 is 0 Å². The average molecular weight is 224 g/mol. The highest BCUT2D eigenvalue weighted by molar-refractivity contribution is 7.10. The maximum atomic E-state index is 5.97. The standard InChI is InChI=1S/C12H20N2S/c1-9-5-6-15-12(9)8-14-11-4-2-3-10(13)7-11/h5-6,10-11,14H,2-4,7-8,13H2,1H3. The van der Waals surface area contributed by atoms with Gasteiger partial charge in [-0.15, -0.1) is 11.3 Å². The third-order valence-electron chi connectivity index (χ3n) is 3.23. The third-order valence-corrected chi connectivity index (χ3v) is 4.26. The van der Waals surface area contributed by atoms with Crippen LogP contribution >= 0.6 is 11.3 Å². The molecule has 0 bridgehead atoms. The monoisotopic (exact) mass is 224 g/mol. The van der Waals surface area contributed by atoms with Crippen molar-refractivity contribution in [2.75, 3.05) is 0 Å². The first-order chi connectivity index (χ1) is 7.25. The zero-order valence-electron chi connectivity index (χ0n) is 9.33. The Morgan fingerprint density at radius 1 is 1.53 bits per heavy atom. The molecule has 84 valence electrons. The number of thiophene rings is 1. The van der Waals surface area contributed by atoms with E-state index in [1.807, 2.05) is 11.3 Å². The molecule has 1 saturated carbocycles. The van der Waals surface area contributed by atoms with Gasteiger partial charge in [0.2, 0.25) is 0 Å². The Bertz CT molecular complexity index is 308. The van der Waals surface area contributed by atoms with Gasteiger partial charge < -0.3 is 11.1 Å². The van der Waals surface area contributed by atoms with E-state index in [4.69, 9.17) is 5.73 Å². The predicted octanol–water partition coefficient (Wildman–Crippen LogP) is 2.42. The average Bonchev–Trinajstić information content (AvgIpc) is 2.61. The van der Waals surface area contributed by atoms with Gasteiger partial charge in [0.1, 0.15) is 0 Å². The van der Waals surface area contributed by atoms with Crippen molar-refractivity contribution in [3.8, 4) is 0 Å². The normalized spacial score (nSPS) is 26.8. The van der Waals surface area contributed by atoms with E-state index in [-0.39, 0.29) is 0 Å². The summed E-state index contributed by atoms with van der Waals surface area (Å²) in [6, 6.07) is 3.24. The molecule has 0 saturated heterocycles. The third kappa shape index (κ3) is 3.03. The highest BCUT2D eigenvalue weighted by Crippen LogP contribution is 2.19. The summed E-state index contributed by atoms with van der Waals surface area (Å²) < 4.78 is 0. The molecule has 0 radical (unpaired) electrons. The Hall–Kier alpha value is -0.380. The topological polar surface area (TPSA) is 38.0 Å². The SMILES string of the molecule is Cc1ccsc1CNC1CCCC(N)C1. The zero-order valence-corrected chi connectivity index (χ0v) is 10.1. The number of nitrogens with one attached hydrogen (secondary N) is 1. The molecule has 1 aliphatic rings. The molecule has 15 heavy (non-hydrogen) atoms. The van der Waals surface area contributed by atoms with E-state index in [0.717, 1.165) is 13.0 Å². The van der Waals surface area contributed by atoms with Crippen LogP contribution in [0.3, 0.4) is 0 Å². The molecule has 1 fully saturated rings. The van der Waals surface area contributed by atoms with Crippen LogP contribution in [0, 0.1) is 6.92 Å². The second kappa shape index (κ2) is 5.10. The molecule has 1 aliphatic carbocycles. The molecule has 3 N–H and O–H groups in total. The molecule has 1 aromatic rings. The minimum Gasteiger partial charge on any atom is -0.328 e. The van der Waals surface area contributed by atoms with Gasteiger partial charge in [-0.05, 0) is 43.2 Å². The predicted molar refractivity (Wildman–Crippen MR) is 66.1 cm³/mol. The van der Waals surface area contributed by atoms with E-state index < -0.39 is 0 Å². The van der Waals surface area contributed by atoms with Crippen molar-refractivity contribution in [2.24, 2.45) is 5.73 Å². The van der Waals surface area contributed by atoms with Crippen molar-refractivity contribution in [1.29, 1.82) is 0 Å². The minimum atomic E-state index is 0.417. The van der Waals surface area contributed by atoms with Crippen LogP contribution in [0.5, 0.6) is 0 Å². The Morgan fingerprint density at radius 3 is 3.07 bits per heavy atom. The molecule has 2 nitrogen and oxygen atoms in total. The molecule has 2 rings (SSSR count). The van der Waals surface area contributed by atoms with Crippen LogP contribution in [0.2, 0.25) is 0 Å². The van der Waals surface area contributed by atoms with E-state index >= 15 is 0 Å². The molecule has 0 spiro atoms. The van der Waals surface area contributed by atoms with Crippen molar-refractivity contribution in [3.63, 3.8) is 0 Å². The molecule has 1 aromatic heterocycles. The van der Waals surface area contributed by atoms with Gasteiger partial charge in [0.15, 0.2) is 0 Å². The fraction of sp³-hybridized carbons (Fsp3) is 0.667.